The number of piperidine rings is 1. The van der Waals surface area contributed by atoms with E-state index in [9.17, 15) is 18.8 Å². The molecule has 0 bridgehead atoms. The van der Waals surface area contributed by atoms with Gasteiger partial charge in [0.2, 0.25) is 11.8 Å². The van der Waals surface area contributed by atoms with Crippen molar-refractivity contribution in [1.82, 2.24) is 15.1 Å². The first-order chi connectivity index (χ1) is 16.5. The highest BCUT2D eigenvalue weighted by Crippen LogP contribution is 2.35. The standard InChI is InChI=1S/C25H26FN3O5/c26-18-11-19-20(14-29(25(19)32)21-5-6-23(30)27-24(21)31)22(12-18)34-15-17-3-1-16(2-4-17)13-28-7-9-33-10-8-28/h1-4,11-12,21H,5-10,13-15H2,(H,27,30,31)/t21-/m0/s1. The molecule has 5 rings (SSSR count). The van der Waals surface area contributed by atoms with Gasteiger partial charge < -0.3 is 14.4 Å². The maximum Gasteiger partial charge on any atom is 0.255 e. The minimum atomic E-state index is -0.757. The van der Waals surface area contributed by atoms with E-state index in [1.807, 2.05) is 12.1 Å². The Kier molecular flexibility index (Phi) is 6.30. The zero-order chi connectivity index (χ0) is 23.7. The largest absolute Gasteiger partial charge is 0.488 e. The zero-order valence-electron chi connectivity index (χ0n) is 18.7. The molecule has 0 aliphatic carbocycles. The summed E-state index contributed by atoms with van der Waals surface area (Å²) in [4.78, 5) is 40.4. The first-order valence-corrected chi connectivity index (χ1v) is 11.5. The van der Waals surface area contributed by atoms with Crippen molar-refractivity contribution in [2.75, 3.05) is 26.3 Å². The number of amides is 3. The highest BCUT2D eigenvalue weighted by molar-refractivity contribution is 6.05. The Labute approximate surface area is 196 Å². The van der Waals surface area contributed by atoms with Crippen LogP contribution in [0.5, 0.6) is 5.75 Å². The van der Waals surface area contributed by atoms with Crippen LogP contribution in [0.2, 0.25) is 0 Å². The Balaban J connectivity index is 1.26. The van der Waals surface area contributed by atoms with Crippen LogP contribution >= 0.6 is 0 Å². The Morgan fingerprint density at radius 3 is 2.53 bits per heavy atom. The fourth-order valence-corrected chi connectivity index (χ4v) is 4.64. The van der Waals surface area contributed by atoms with E-state index in [0.717, 1.165) is 38.4 Å². The number of rotatable bonds is 6. The number of carbonyl (C=O) groups excluding carboxylic acids is 3. The van der Waals surface area contributed by atoms with Gasteiger partial charge in [0.25, 0.3) is 5.91 Å². The van der Waals surface area contributed by atoms with E-state index < -0.39 is 23.7 Å². The average Bonchev–Trinajstić information content (AvgIpc) is 3.15. The minimum Gasteiger partial charge on any atom is -0.488 e. The third-order valence-electron chi connectivity index (χ3n) is 6.51. The normalized spacial score (nSPS) is 20.9. The number of benzene rings is 2. The van der Waals surface area contributed by atoms with Crippen LogP contribution in [0, 0.1) is 5.82 Å². The molecular formula is C25H26FN3O5. The lowest BCUT2D eigenvalue weighted by Gasteiger charge is -2.29. The Morgan fingerprint density at radius 2 is 1.79 bits per heavy atom. The van der Waals surface area contributed by atoms with Crippen LogP contribution in [0.15, 0.2) is 36.4 Å². The van der Waals surface area contributed by atoms with Crippen LogP contribution in [-0.4, -0.2) is 59.9 Å². The lowest BCUT2D eigenvalue weighted by Crippen LogP contribution is -2.52. The summed E-state index contributed by atoms with van der Waals surface area (Å²) < 4.78 is 25.6. The average molecular weight is 467 g/mol. The number of ether oxygens (including phenoxy) is 2. The quantitative estimate of drug-likeness (QED) is 0.654. The van der Waals surface area contributed by atoms with E-state index in [1.54, 1.807) is 0 Å². The number of carbonyl (C=O) groups is 3. The molecule has 34 heavy (non-hydrogen) atoms. The summed E-state index contributed by atoms with van der Waals surface area (Å²) >= 11 is 0. The molecule has 178 valence electrons. The summed E-state index contributed by atoms with van der Waals surface area (Å²) in [5.74, 6) is -1.57. The van der Waals surface area contributed by atoms with Crippen molar-refractivity contribution in [3.05, 3.63) is 64.5 Å². The van der Waals surface area contributed by atoms with Crippen LogP contribution in [0.3, 0.4) is 0 Å². The van der Waals surface area contributed by atoms with Gasteiger partial charge in [0.05, 0.1) is 25.3 Å². The molecule has 2 fully saturated rings. The van der Waals surface area contributed by atoms with Gasteiger partial charge in [0, 0.05) is 37.7 Å². The fraction of sp³-hybridized carbons (Fsp3) is 0.400. The highest BCUT2D eigenvalue weighted by atomic mass is 19.1. The maximum absolute atomic E-state index is 14.3. The summed E-state index contributed by atoms with van der Waals surface area (Å²) in [6.07, 6.45) is 0.412. The van der Waals surface area contributed by atoms with E-state index in [2.05, 4.69) is 22.3 Å². The van der Waals surface area contributed by atoms with Crippen LogP contribution in [0.1, 0.15) is 39.9 Å². The summed E-state index contributed by atoms with van der Waals surface area (Å²) in [7, 11) is 0. The van der Waals surface area contributed by atoms with Crippen molar-refractivity contribution in [3.8, 4) is 5.75 Å². The van der Waals surface area contributed by atoms with Gasteiger partial charge in [-0.1, -0.05) is 24.3 Å². The van der Waals surface area contributed by atoms with Crippen molar-refractivity contribution in [1.29, 1.82) is 0 Å². The van der Waals surface area contributed by atoms with E-state index in [1.165, 1.54) is 22.6 Å². The third kappa shape index (κ3) is 4.67. The zero-order valence-corrected chi connectivity index (χ0v) is 18.7. The molecule has 0 saturated carbocycles. The predicted octanol–water partition coefficient (Wildman–Crippen LogP) is 2.00. The first kappa shape index (κ1) is 22.5. The number of morpholine rings is 1. The van der Waals surface area contributed by atoms with Gasteiger partial charge in [-0.3, -0.25) is 24.6 Å². The van der Waals surface area contributed by atoms with Gasteiger partial charge in [0.15, 0.2) is 0 Å². The molecule has 1 N–H and O–H groups in total. The number of imide groups is 1. The predicted molar refractivity (Wildman–Crippen MR) is 119 cm³/mol. The number of fused-ring (bicyclic) bond motifs is 1. The van der Waals surface area contributed by atoms with Crippen molar-refractivity contribution >= 4 is 17.7 Å². The van der Waals surface area contributed by atoms with Gasteiger partial charge in [-0.05, 0) is 23.6 Å². The Morgan fingerprint density at radius 1 is 1.06 bits per heavy atom. The highest BCUT2D eigenvalue weighted by Gasteiger charge is 2.40. The lowest BCUT2D eigenvalue weighted by molar-refractivity contribution is -0.136. The summed E-state index contributed by atoms with van der Waals surface area (Å²) in [5.41, 5.74) is 2.87. The number of hydrogen-bond acceptors (Lipinski definition) is 6. The molecule has 1 atom stereocenters. The second-order valence-corrected chi connectivity index (χ2v) is 8.82. The second kappa shape index (κ2) is 9.52. The van der Waals surface area contributed by atoms with E-state index in [0.29, 0.717) is 5.56 Å². The summed E-state index contributed by atoms with van der Waals surface area (Å²) in [5, 5.41) is 2.27. The van der Waals surface area contributed by atoms with Crippen LogP contribution in [0.4, 0.5) is 4.39 Å². The SMILES string of the molecule is O=C1CC[C@H](N2Cc3c(OCc4ccc(CN5CCOCC5)cc4)cc(F)cc3C2=O)C(=O)N1. The Hall–Kier alpha value is -3.30. The van der Waals surface area contributed by atoms with Crippen molar-refractivity contribution < 1.29 is 28.2 Å². The molecule has 0 unspecified atom stereocenters. The first-order valence-electron chi connectivity index (χ1n) is 11.5. The molecular weight excluding hydrogens is 441 g/mol. The fourth-order valence-electron chi connectivity index (χ4n) is 4.64. The van der Waals surface area contributed by atoms with Crippen LogP contribution in [-0.2, 0) is 34.0 Å². The molecule has 3 amide bonds. The van der Waals surface area contributed by atoms with Gasteiger partial charge in [0.1, 0.15) is 24.2 Å². The van der Waals surface area contributed by atoms with E-state index in [4.69, 9.17) is 9.47 Å². The lowest BCUT2D eigenvalue weighted by atomic mass is 10.0. The van der Waals surface area contributed by atoms with Crippen molar-refractivity contribution in [2.24, 2.45) is 0 Å². The van der Waals surface area contributed by atoms with E-state index in [-0.39, 0.29) is 43.2 Å². The monoisotopic (exact) mass is 467 g/mol. The third-order valence-corrected chi connectivity index (χ3v) is 6.51. The summed E-state index contributed by atoms with van der Waals surface area (Å²) in [6.45, 7) is 4.57. The molecule has 8 nitrogen and oxygen atoms in total. The molecule has 9 heteroatoms. The molecule has 3 heterocycles. The van der Waals surface area contributed by atoms with Crippen LogP contribution < -0.4 is 10.1 Å². The molecule has 2 saturated heterocycles. The molecule has 0 spiro atoms. The molecule has 3 aliphatic heterocycles. The molecule has 0 aromatic heterocycles. The number of halogens is 1. The van der Waals surface area contributed by atoms with Gasteiger partial charge in [-0.25, -0.2) is 4.39 Å². The second-order valence-electron chi connectivity index (χ2n) is 8.82. The number of hydrogen-bond donors (Lipinski definition) is 1. The van der Waals surface area contributed by atoms with Crippen LogP contribution in [0.25, 0.3) is 0 Å². The summed E-state index contributed by atoms with van der Waals surface area (Å²) in [6, 6.07) is 9.76. The van der Waals surface area contributed by atoms with Gasteiger partial charge in [-0.2, -0.15) is 0 Å². The minimum absolute atomic E-state index is 0.133. The molecule has 2 aromatic rings. The number of nitrogens with one attached hydrogen (secondary N) is 1. The number of nitrogens with zero attached hydrogens (tertiary/aromatic N) is 2. The van der Waals surface area contributed by atoms with Gasteiger partial charge in [-0.15, -0.1) is 0 Å². The maximum atomic E-state index is 14.3. The van der Waals surface area contributed by atoms with E-state index >= 15 is 0 Å². The Bertz CT molecular complexity index is 1110. The molecule has 3 aliphatic rings. The van der Waals surface area contributed by atoms with Gasteiger partial charge >= 0.3 is 0 Å². The molecule has 0 radical (unpaired) electrons. The van der Waals surface area contributed by atoms with Crippen molar-refractivity contribution in [3.63, 3.8) is 0 Å². The topological polar surface area (TPSA) is 88.2 Å². The smallest absolute Gasteiger partial charge is 0.255 e. The molecule has 2 aromatic carbocycles. The van der Waals surface area contributed by atoms with Crippen molar-refractivity contribution in [2.45, 2.75) is 38.6 Å².